The molecule has 0 bridgehead atoms. The number of hydrogen-bond donors (Lipinski definition) is 2. The molecule has 0 amide bonds. The largest absolute Gasteiger partial charge is 0.493 e. The lowest BCUT2D eigenvalue weighted by molar-refractivity contribution is 0.305. The van der Waals surface area contributed by atoms with Crippen LogP contribution in [0.4, 0.5) is 5.69 Å². The van der Waals surface area contributed by atoms with Gasteiger partial charge >= 0.3 is 0 Å². The summed E-state index contributed by atoms with van der Waals surface area (Å²) in [4.78, 5) is 11.1. The number of guanidine groups is 2. The van der Waals surface area contributed by atoms with Crippen molar-refractivity contribution < 1.29 is 14.2 Å². The molecular formula is C23H29N5O3. The van der Waals surface area contributed by atoms with E-state index in [-0.39, 0.29) is 5.96 Å². The zero-order valence-electron chi connectivity index (χ0n) is 18.2. The third kappa shape index (κ3) is 3.73. The molecule has 164 valence electrons. The van der Waals surface area contributed by atoms with Crippen LogP contribution in [0.2, 0.25) is 0 Å². The highest BCUT2D eigenvalue weighted by molar-refractivity contribution is 6.05. The van der Waals surface area contributed by atoms with Gasteiger partial charge in [0.05, 0.1) is 21.3 Å². The minimum atomic E-state index is -0.484. The second kappa shape index (κ2) is 8.37. The minimum Gasteiger partial charge on any atom is -0.493 e. The fourth-order valence-corrected chi connectivity index (χ4v) is 4.57. The number of methoxy groups -OCH3 is 3. The average molecular weight is 424 g/mol. The first-order valence-corrected chi connectivity index (χ1v) is 10.4. The Bertz CT molecular complexity index is 1000. The molecule has 4 N–H and O–H groups in total. The van der Waals surface area contributed by atoms with Gasteiger partial charge in [-0.1, -0.05) is 18.6 Å². The summed E-state index contributed by atoms with van der Waals surface area (Å²) in [5.74, 6) is 2.38. The molecule has 0 aromatic heterocycles. The molecule has 4 rings (SSSR count). The molecule has 2 aromatic rings. The summed E-state index contributed by atoms with van der Waals surface area (Å²) in [5.41, 5.74) is 14.7. The Morgan fingerprint density at radius 3 is 2.16 bits per heavy atom. The van der Waals surface area contributed by atoms with E-state index in [4.69, 9.17) is 30.7 Å². The highest BCUT2D eigenvalue weighted by atomic mass is 16.5. The molecule has 1 spiro atoms. The number of ether oxygens (including phenoxy) is 3. The predicted octanol–water partition coefficient (Wildman–Crippen LogP) is 3.49. The maximum absolute atomic E-state index is 6.38. The number of benzene rings is 2. The van der Waals surface area contributed by atoms with Crippen molar-refractivity contribution in [2.24, 2.45) is 21.5 Å². The van der Waals surface area contributed by atoms with Gasteiger partial charge in [-0.2, -0.15) is 4.99 Å². The summed E-state index contributed by atoms with van der Waals surface area (Å²) in [6.07, 6.45) is 5.12. The number of anilines is 1. The fourth-order valence-electron chi connectivity index (χ4n) is 4.57. The molecule has 31 heavy (non-hydrogen) atoms. The monoisotopic (exact) mass is 423 g/mol. The quantitative estimate of drug-likeness (QED) is 0.762. The molecule has 1 saturated carbocycles. The van der Waals surface area contributed by atoms with Gasteiger partial charge in [0.1, 0.15) is 5.66 Å². The third-order valence-corrected chi connectivity index (χ3v) is 5.95. The van der Waals surface area contributed by atoms with Gasteiger partial charge in [-0.15, -0.1) is 0 Å². The molecule has 1 aliphatic heterocycles. The topological polar surface area (TPSA) is 108 Å². The maximum Gasteiger partial charge on any atom is 0.220 e. The Balaban J connectivity index is 1.79. The molecule has 0 unspecified atom stereocenters. The summed E-state index contributed by atoms with van der Waals surface area (Å²) < 4.78 is 16.5. The Hall–Kier alpha value is -3.42. The van der Waals surface area contributed by atoms with Crippen LogP contribution in [0.5, 0.6) is 17.2 Å². The highest BCUT2D eigenvalue weighted by Gasteiger charge is 2.42. The smallest absolute Gasteiger partial charge is 0.220 e. The summed E-state index contributed by atoms with van der Waals surface area (Å²) in [6, 6.07) is 12.0. The van der Waals surface area contributed by atoms with Gasteiger partial charge in [-0.3, -0.25) is 4.90 Å². The molecule has 2 aromatic carbocycles. The Morgan fingerprint density at radius 2 is 1.55 bits per heavy atom. The molecule has 0 atom stereocenters. The van der Waals surface area contributed by atoms with Gasteiger partial charge in [-0.05, 0) is 61.1 Å². The molecule has 8 nitrogen and oxygen atoms in total. The van der Waals surface area contributed by atoms with E-state index in [9.17, 15) is 0 Å². The van der Waals surface area contributed by atoms with Crippen LogP contribution in [0.25, 0.3) is 11.1 Å². The molecule has 0 radical (unpaired) electrons. The number of hydrogen-bond acceptors (Lipinski definition) is 8. The van der Waals surface area contributed by atoms with Crippen molar-refractivity contribution in [2.75, 3.05) is 26.2 Å². The summed E-state index contributed by atoms with van der Waals surface area (Å²) in [5, 5.41) is 0. The minimum absolute atomic E-state index is 0.247. The van der Waals surface area contributed by atoms with Crippen molar-refractivity contribution in [1.29, 1.82) is 0 Å². The lowest BCUT2D eigenvalue weighted by atomic mass is 9.87. The Morgan fingerprint density at radius 1 is 0.871 bits per heavy atom. The van der Waals surface area contributed by atoms with E-state index in [0.717, 1.165) is 42.5 Å². The van der Waals surface area contributed by atoms with Gasteiger partial charge in [-0.25, -0.2) is 4.99 Å². The normalized spacial score (nSPS) is 17.7. The second-order valence-corrected chi connectivity index (χ2v) is 7.78. The fraction of sp³-hybridized carbons (Fsp3) is 0.391. The Labute approximate surface area is 182 Å². The molecule has 0 saturated heterocycles. The van der Waals surface area contributed by atoms with Gasteiger partial charge in [0.15, 0.2) is 11.5 Å². The van der Waals surface area contributed by atoms with Crippen LogP contribution in [0.3, 0.4) is 0 Å². The van der Waals surface area contributed by atoms with Crippen molar-refractivity contribution in [2.45, 2.75) is 37.8 Å². The third-order valence-electron chi connectivity index (χ3n) is 5.95. The molecule has 2 aliphatic rings. The average Bonchev–Trinajstić information content (AvgIpc) is 2.78. The molecule has 1 aliphatic carbocycles. The van der Waals surface area contributed by atoms with Gasteiger partial charge in [0.25, 0.3) is 0 Å². The number of nitrogens with zero attached hydrogens (tertiary/aromatic N) is 3. The van der Waals surface area contributed by atoms with Crippen LogP contribution in [-0.2, 0) is 0 Å². The van der Waals surface area contributed by atoms with Gasteiger partial charge in [0.2, 0.25) is 17.7 Å². The molecule has 1 heterocycles. The molecule has 8 heteroatoms. The van der Waals surface area contributed by atoms with Crippen LogP contribution in [0.1, 0.15) is 32.1 Å². The number of rotatable bonds is 5. The van der Waals surface area contributed by atoms with E-state index in [2.05, 4.69) is 11.1 Å². The van der Waals surface area contributed by atoms with Crippen molar-refractivity contribution in [3.8, 4) is 28.4 Å². The second-order valence-electron chi connectivity index (χ2n) is 7.78. The zero-order valence-corrected chi connectivity index (χ0v) is 18.2. The summed E-state index contributed by atoms with van der Waals surface area (Å²) >= 11 is 0. The first-order chi connectivity index (χ1) is 15.0. The van der Waals surface area contributed by atoms with Gasteiger partial charge < -0.3 is 25.7 Å². The van der Waals surface area contributed by atoms with Crippen LogP contribution >= 0.6 is 0 Å². The van der Waals surface area contributed by atoms with Crippen LogP contribution in [0.15, 0.2) is 46.4 Å². The highest BCUT2D eigenvalue weighted by Crippen LogP contribution is 2.43. The zero-order chi connectivity index (χ0) is 22.0. The van der Waals surface area contributed by atoms with E-state index in [1.807, 2.05) is 35.2 Å². The van der Waals surface area contributed by atoms with E-state index in [1.54, 1.807) is 21.3 Å². The lowest BCUT2D eigenvalue weighted by Crippen LogP contribution is -2.58. The summed E-state index contributed by atoms with van der Waals surface area (Å²) in [7, 11) is 4.81. The van der Waals surface area contributed by atoms with Gasteiger partial charge in [0, 0.05) is 5.69 Å². The maximum atomic E-state index is 6.38. The Kier molecular flexibility index (Phi) is 5.63. The van der Waals surface area contributed by atoms with E-state index >= 15 is 0 Å². The molecule has 1 fully saturated rings. The van der Waals surface area contributed by atoms with Crippen LogP contribution < -0.4 is 30.6 Å². The van der Waals surface area contributed by atoms with Crippen molar-refractivity contribution in [1.82, 2.24) is 0 Å². The molecular weight excluding hydrogens is 394 g/mol. The van der Waals surface area contributed by atoms with Crippen LogP contribution in [-0.4, -0.2) is 38.9 Å². The van der Waals surface area contributed by atoms with Crippen molar-refractivity contribution >= 4 is 17.6 Å². The number of nitrogens with two attached hydrogens (primary N) is 2. The van der Waals surface area contributed by atoms with Crippen molar-refractivity contribution in [3.63, 3.8) is 0 Å². The van der Waals surface area contributed by atoms with E-state index in [1.165, 1.54) is 6.42 Å². The first kappa shape index (κ1) is 20.8. The first-order valence-electron chi connectivity index (χ1n) is 10.4. The SMILES string of the molecule is COc1cc(-c2cccc(N3C(N)=NC(N)=NC34CCCCC4)c2)cc(OC)c1OC. The van der Waals surface area contributed by atoms with E-state index in [0.29, 0.717) is 23.2 Å². The predicted molar refractivity (Wildman–Crippen MR) is 123 cm³/mol. The number of aliphatic imine (C=N–C) groups is 2. The lowest BCUT2D eigenvalue weighted by Gasteiger charge is -2.45. The summed E-state index contributed by atoms with van der Waals surface area (Å²) in [6.45, 7) is 0. The van der Waals surface area contributed by atoms with Crippen molar-refractivity contribution in [3.05, 3.63) is 36.4 Å². The van der Waals surface area contributed by atoms with Crippen LogP contribution in [0, 0.1) is 0 Å². The van der Waals surface area contributed by atoms with E-state index < -0.39 is 5.66 Å². The standard InChI is InChI=1S/C23H29N5O3/c1-29-18-13-16(14-19(30-2)20(18)31-3)15-8-7-9-17(12-15)28-22(25)26-21(24)27-23(28)10-5-4-6-11-23/h7-9,12-14H,4-6,10-11H2,1-3H3,(H4,24,25,26,27).